The number of nitrogens with one attached hydrogen (secondary N) is 2. The van der Waals surface area contributed by atoms with Gasteiger partial charge >= 0.3 is 0 Å². The normalized spacial score (nSPS) is 10.7. The van der Waals surface area contributed by atoms with Crippen LogP contribution >= 0.6 is 34.9 Å². The fourth-order valence-corrected chi connectivity index (χ4v) is 3.40. The highest BCUT2D eigenvalue weighted by Crippen LogP contribution is 2.23. The minimum atomic E-state index is -0.0801. The number of fused-ring (bicyclic) bond motifs is 1. The molecule has 2 heterocycles. The maximum Gasteiger partial charge on any atom is 0.265 e. The van der Waals surface area contributed by atoms with E-state index in [2.05, 4.69) is 10.3 Å². The van der Waals surface area contributed by atoms with Gasteiger partial charge in [-0.25, -0.2) is 0 Å². The van der Waals surface area contributed by atoms with Crippen LogP contribution in [0.25, 0.3) is 10.2 Å². The molecule has 2 aromatic heterocycles. The average Bonchev–Trinajstić information content (AvgIpc) is 2.95. The predicted octanol–water partition coefficient (Wildman–Crippen LogP) is 4.27. The van der Waals surface area contributed by atoms with Crippen LogP contribution in [0.2, 0.25) is 0 Å². The molecule has 0 unspecified atom stereocenters. The van der Waals surface area contributed by atoms with Crippen molar-refractivity contribution < 1.29 is 4.79 Å². The Morgan fingerprint density at radius 2 is 2.22 bits per heavy atom. The van der Waals surface area contributed by atoms with E-state index in [0.717, 1.165) is 19.9 Å². The maximum absolute atomic E-state index is 11.9. The standard InChI is InChI=1S/C12H8N2OS3/c15-11(9-2-1-5-17-9)13-7-3-4-8-10(6-7)18-12(16)14-8/h1-6H,(H,13,15)(H,14,16). The molecule has 90 valence electrons. The summed E-state index contributed by atoms with van der Waals surface area (Å²) in [5.41, 5.74) is 1.78. The first kappa shape index (κ1) is 11.6. The van der Waals surface area contributed by atoms with Crippen molar-refractivity contribution in [3.63, 3.8) is 0 Å². The van der Waals surface area contributed by atoms with E-state index in [1.54, 1.807) is 6.07 Å². The Bertz CT molecular complexity index is 755. The summed E-state index contributed by atoms with van der Waals surface area (Å²) in [7, 11) is 0. The molecule has 0 aliphatic heterocycles. The maximum atomic E-state index is 11.9. The number of amides is 1. The van der Waals surface area contributed by atoms with E-state index < -0.39 is 0 Å². The van der Waals surface area contributed by atoms with Crippen molar-refractivity contribution in [2.24, 2.45) is 0 Å². The zero-order valence-electron chi connectivity index (χ0n) is 9.10. The van der Waals surface area contributed by atoms with Gasteiger partial charge in [0.05, 0.1) is 15.1 Å². The number of carbonyl (C=O) groups excluding carboxylic acids is 1. The summed E-state index contributed by atoms with van der Waals surface area (Å²) < 4.78 is 1.79. The van der Waals surface area contributed by atoms with Crippen LogP contribution in [0.1, 0.15) is 9.67 Å². The van der Waals surface area contributed by atoms with Gasteiger partial charge in [0.15, 0.2) is 3.95 Å². The molecule has 0 atom stereocenters. The van der Waals surface area contributed by atoms with Crippen LogP contribution in [0.3, 0.4) is 0 Å². The van der Waals surface area contributed by atoms with Crippen LogP contribution in [0.15, 0.2) is 35.7 Å². The molecule has 3 rings (SSSR count). The van der Waals surface area contributed by atoms with Gasteiger partial charge in [-0.2, -0.15) is 0 Å². The van der Waals surface area contributed by atoms with Crippen LogP contribution < -0.4 is 5.32 Å². The third kappa shape index (κ3) is 2.22. The molecule has 0 saturated heterocycles. The van der Waals surface area contributed by atoms with E-state index in [-0.39, 0.29) is 5.91 Å². The molecule has 3 aromatic rings. The van der Waals surface area contributed by atoms with E-state index in [4.69, 9.17) is 12.2 Å². The number of anilines is 1. The van der Waals surface area contributed by atoms with E-state index in [1.807, 2.05) is 29.6 Å². The lowest BCUT2D eigenvalue weighted by Gasteiger charge is -2.03. The summed E-state index contributed by atoms with van der Waals surface area (Å²) >= 11 is 8.01. The molecule has 2 N–H and O–H groups in total. The molecule has 18 heavy (non-hydrogen) atoms. The number of hydrogen-bond acceptors (Lipinski definition) is 4. The van der Waals surface area contributed by atoms with Gasteiger partial charge in [-0.3, -0.25) is 4.79 Å². The quantitative estimate of drug-likeness (QED) is 0.693. The molecule has 0 aliphatic rings. The first-order valence-corrected chi connectivity index (χ1v) is 7.30. The number of aromatic amines is 1. The molecule has 1 aromatic carbocycles. The number of hydrogen-bond donors (Lipinski definition) is 2. The number of carbonyl (C=O) groups is 1. The van der Waals surface area contributed by atoms with Crippen molar-refractivity contribution in [1.29, 1.82) is 0 Å². The molecule has 0 fully saturated rings. The van der Waals surface area contributed by atoms with Gasteiger partial charge in [0.25, 0.3) is 5.91 Å². The topological polar surface area (TPSA) is 44.9 Å². The van der Waals surface area contributed by atoms with E-state index >= 15 is 0 Å². The number of benzene rings is 1. The molecule has 1 amide bonds. The van der Waals surface area contributed by atoms with Crippen molar-refractivity contribution in [3.05, 3.63) is 44.5 Å². The zero-order valence-corrected chi connectivity index (χ0v) is 11.5. The van der Waals surface area contributed by atoms with Crippen molar-refractivity contribution in [3.8, 4) is 0 Å². The van der Waals surface area contributed by atoms with Crippen LogP contribution in [-0.2, 0) is 0 Å². The summed E-state index contributed by atoms with van der Waals surface area (Å²) in [6.07, 6.45) is 0. The summed E-state index contributed by atoms with van der Waals surface area (Å²) in [5.74, 6) is -0.0801. The molecule has 0 aliphatic carbocycles. The number of rotatable bonds is 2. The summed E-state index contributed by atoms with van der Waals surface area (Å²) in [6, 6.07) is 9.38. The first-order valence-electron chi connectivity index (χ1n) is 5.20. The Hall–Kier alpha value is -1.50. The largest absolute Gasteiger partial charge is 0.337 e. The Balaban J connectivity index is 1.91. The lowest BCUT2D eigenvalue weighted by atomic mass is 10.3. The summed E-state index contributed by atoms with van der Waals surface area (Å²) in [5, 5.41) is 4.76. The Labute approximate surface area is 116 Å². The Morgan fingerprint density at radius 1 is 1.33 bits per heavy atom. The molecule has 6 heteroatoms. The lowest BCUT2D eigenvalue weighted by Crippen LogP contribution is -2.09. The molecular formula is C12H8N2OS3. The second kappa shape index (κ2) is 4.64. The SMILES string of the molecule is O=C(Nc1ccc2[nH]c(=S)sc2c1)c1cccs1. The van der Waals surface area contributed by atoms with Crippen molar-refractivity contribution >= 4 is 56.7 Å². The van der Waals surface area contributed by atoms with Gasteiger partial charge in [-0.15, -0.1) is 22.7 Å². The minimum absolute atomic E-state index is 0.0801. The van der Waals surface area contributed by atoms with Crippen molar-refractivity contribution in [2.45, 2.75) is 0 Å². The highest BCUT2D eigenvalue weighted by Gasteiger charge is 2.07. The van der Waals surface area contributed by atoms with Gasteiger partial charge in [0, 0.05) is 5.69 Å². The van der Waals surface area contributed by atoms with Gasteiger partial charge in [0.2, 0.25) is 0 Å². The fourth-order valence-electron chi connectivity index (χ4n) is 1.62. The van der Waals surface area contributed by atoms with Crippen LogP contribution in [-0.4, -0.2) is 10.9 Å². The van der Waals surface area contributed by atoms with Crippen molar-refractivity contribution in [1.82, 2.24) is 4.98 Å². The molecule has 0 radical (unpaired) electrons. The number of thiophene rings is 1. The first-order chi connectivity index (χ1) is 8.72. The van der Waals surface area contributed by atoms with Crippen LogP contribution in [0, 0.1) is 3.95 Å². The summed E-state index contributed by atoms with van der Waals surface area (Å²) in [4.78, 5) is 15.7. The second-order valence-electron chi connectivity index (χ2n) is 3.66. The number of H-pyrrole nitrogens is 1. The molecule has 3 nitrogen and oxygen atoms in total. The van der Waals surface area contributed by atoms with E-state index in [9.17, 15) is 4.79 Å². The third-order valence-electron chi connectivity index (χ3n) is 2.42. The van der Waals surface area contributed by atoms with Gasteiger partial charge < -0.3 is 10.3 Å². The summed E-state index contributed by atoms with van der Waals surface area (Å²) in [6.45, 7) is 0. The van der Waals surface area contributed by atoms with Gasteiger partial charge in [-0.05, 0) is 41.9 Å². The highest BCUT2D eigenvalue weighted by molar-refractivity contribution is 7.73. The third-order valence-corrected chi connectivity index (χ3v) is 4.49. The van der Waals surface area contributed by atoms with Crippen LogP contribution in [0.5, 0.6) is 0 Å². The fraction of sp³-hybridized carbons (Fsp3) is 0. The van der Waals surface area contributed by atoms with Gasteiger partial charge in [0.1, 0.15) is 0 Å². The molecular weight excluding hydrogens is 284 g/mol. The van der Waals surface area contributed by atoms with E-state index in [0.29, 0.717) is 4.88 Å². The smallest absolute Gasteiger partial charge is 0.265 e. The molecule has 0 bridgehead atoms. The zero-order chi connectivity index (χ0) is 12.5. The average molecular weight is 292 g/mol. The van der Waals surface area contributed by atoms with Crippen LogP contribution in [0.4, 0.5) is 5.69 Å². The predicted molar refractivity (Wildman–Crippen MR) is 79.3 cm³/mol. The van der Waals surface area contributed by atoms with Crippen molar-refractivity contribution in [2.75, 3.05) is 5.32 Å². The minimum Gasteiger partial charge on any atom is -0.337 e. The molecule has 0 spiro atoms. The number of thiazole rings is 1. The highest BCUT2D eigenvalue weighted by atomic mass is 32.1. The second-order valence-corrected chi connectivity index (χ2v) is 6.32. The van der Waals surface area contributed by atoms with Gasteiger partial charge in [-0.1, -0.05) is 6.07 Å². The molecule has 0 saturated carbocycles. The Kier molecular flexibility index (Phi) is 2.99. The number of aromatic nitrogens is 1. The Morgan fingerprint density at radius 3 is 3.00 bits per heavy atom. The lowest BCUT2D eigenvalue weighted by molar-refractivity contribution is 0.103. The monoisotopic (exact) mass is 292 g/mol. The van der Waals surface area contributed by atoms with E-state index in [1.165, 1.54) is 22.7 Å².